The van der Waals surface area contributed by atoms with Crippen molar-refractivity contribution in [3.05, 3.63) is 47.5 Å². The molecular weight excluding hydrogens is 200 g/mol. The summed E-state index contributed by atoms with van der Waals surface area (Å²) < 4.78 is 0. The Labute approximate surface area is 94.9 Å². The largest absolute Gasteiger partial charge is 0.0839 e. The van der Waals surface area contributed by atoms with Crippen molar-refractivity contribution in [1.82, 2.24) is 0 Å². The molecule has 0 aliphatic heterocycles. The molecular formula is C14H12S. The minimum absolute atomic E-state index is 0.529. The zero-order valence-corrected chi connectivity index (χ0v) is 9.47. The number of hydrogen-bond donors (Lipinski definition) is 0. The van der Waals surface area contributed by atoms with E-state index >= 15 is 0 Å². The van der Waals surface area contributed by atoms with Gasteiger partial charge in [-0.25, -0.2) is 0 Å². The van der Waals surface area contributed by atoms with Gasteiger partial charge in [-0.05, 0) is 34.2 Å². The predicted octanol–water partition coefficient (Wildman–Crippen LogP) is 3.75. The molecule has 3 rings (SSSR count). The molecule has 0 amide bonds. The van der Waals surface area contributed by atoms with Crippen LogP contribution in [0, 0.1) is 5.92 Å². The summed E-state index contributed by atoms with van der Waals surface area (Å²) in [6.45, 7) is 2.22. The van der Waals surface area contributed by atoms with Crippen molar-refractivity contribution in [2.24, 2.45) is 5.92 Å². The number of rotatable bonds is 0. The van der Waals surface area contributed by atoms with Gasteiger partial charge in [0.2, 0.25) is 0 Å². The summed E-state index contributed by atoms with van der Waals surface area (Å²) in [5.41, 5.74) is 2.75. The first-order valence-electron chi connectivity index (χ1n) is 5.32. The SMILES string of the molecule is CC1Cc2ccc3ccccc3c2C1=S. The first kappa shape index (κ1) is 9.05. The molecule has 0 fully saturated rings. The Hall–Kier alpha value is -1.21. The van der Waals surface area contributed by atoms with Crippen molar-refractivity contribution in [1.29, 1.82) is 0 Å². The Morgan fingerprint density at radius 3 is 2.80 bits per heavy atom. The summed E-state index contributed by atoms with van der Waals surface area (Å²) in [5.74, 6) is 0.529. The number of hydrogen-bond acceptors (Lipinski definition) is 1. The van der Waals surface area contributed by atoms with Crippen LogP contribution in [-0.2, 0) is 6.42 Å². The smallest absolute Gasteiger partial charge is 0.0265 e. The van der Waals surface area contributed by atoms with E-state index in [9.17, 15) is 0 Å². The van der Waals surface area contributed by atoms with Gasteiger partial charge < -0.3 is 0 Å². The van der Waals surface area contributed by atoms with E-state index in [1.807, 2.05) is 0 Å². The second-order valence-corrected chi connectivity index (χ2v) is 4.73. The molecule has 0 nitrogen and oxygen atoms in total. The molecule has 1 aliphatic rings. The van der Waals surface area contributed by atoms with Crippen molar-refractivity contribution in [2.75, 3.05) is 0 Å². The second kappa shape index (κ2) is 3.14. The summed E-state index contributed by atoms with van der Waals surface area (Å²) in [6.07, 6.45) is 1.11. The van der Waals surface area contributed by atoms with Crippen molar-refractivity contribution < 1.29 is 0 Å². The molecule has 2 aromatic rings. The van der Waals surface area contributed by atoms with Gasteiger partial charge in [0.15, 0.2) is 0 Å². The maximum atomic E-state index is 5.52. The van der Waals surface area contributed by atoms with Gasteiger partial charge >= 0.3 is 0 Å². The van der Waals surface area contributed by atoms with E-state index in [0.29, 0.717) is 5.92 Å². The third-order valence-corrected chi connectivity index (χ3v) is 3.84. The molecule has 0 aromatic heterocycles. The van der Waals surface area contributed by atoms with Crippen molar-refractivity contribution in [2.45, 2.75) is 13.3 Å². The average Bonchev–Trinajstić information content (AvgIpc) is 2.55. The van der Waals surface area contributed by atoms with Crippen LogP contribution in [0.4, 0.5) is 0 Å². The summed E-state index contributed by atoms with van der Waals surface area (Å²) in [5, 5.41) is 2.62. The Bertz CT molecular complexity index is 554. The van der Waals surface area contributed by atoms with Crippen molar-refractivity contribution in [3.63, 3.8) is 0 Å². The fraction of sp³-hybridized carbons (Fsp3) is 0.214. The van der Waals surface area contributed by atoms with Crippen LogP contribution in [0.5, 0.6) is 0 Å². The number of thiocarbonyl (C=S) groups is 1. The average molecular weight is 212 g/mol. The standard InChI is InChI=1S/C14H12S/c1-9-8-11-7-6-10-4-2-3-5-12(10)13(11)14(9)15/h2-7,9H,8H2,1H3. The maximum absolute atomic E-state index is 5.52. The van der Waals surface area contributed by atoms with E-state index in [4.69, 9.17) is 12.2 Å². The van der Waals surface area contributed by atoms with Crippen LogP contribution >= 0.6 is 12.2 Å². The Balaban J connectivity index is 2.41. The Morgan fingerprint density at radius 2 is 1.93 bits per heavy atom. The molecule has 0 bridgehead atoms. The van der Waals surface area contributed by atoms with Crippen molar-refractivity contribution >= 4 is 27.9 Å². The molecule has 0 saturated heterocycles. The molecule has 0 N–H and O–H groups in total. The highest BCUT2D eigenvalue weighted by atomic mass is 32.1. The molecule has 0 heterocycles. The van der Waals surface area contributed by atoms with Crippen molar-refractivity contribution in [3.8, 4) is 0 Å². The van der Waals surface area contributed by atoms with Crippen LogP contribution < -0.4 is 0 Å². The van der Waals surface area contributed by atoms with Gasteiger partial charge in [-0.3, -0.25) is 0 Å². The van der Waals surface area contributed by atoms with E-state index in [1.54, 1.807) is 0 Å². The summed E-state index contributed by atoms with van der Waals surface area (Å²) in [7, 11) is 0. The Kier molecular flexibility index (Phi) is 1.89. The highest BCUT2D eigenvalue weighted by Gasteiger charge is 2.24. The third-order valence-electron chi connectivity index (χ3n) is 3.24. The topological polar surface area (TPSA) is 0 Å². The van der Waals surface area contributed by atoms with E-state index in [1.165, 1.54) is 21.9 Å². The highest BCUT2D eigenvalue weighted by Crippen LogP contribution is 2.33. The predicted molar refractivity (Wildman–Crippen MR) is 68.5 cm³/mol. The lowest BCUT2D eigenvalue weighted by Crippen LogP contribution is -2.01. The zero-order valence-electron chi connectivity index (χ0n) is 8.66. The molecule has 2 aromatic carbocycles. The monoisotopic (exact) mass is 212 g/mol. The lowest BCUT2D eigenvalue weighted by atomic mass is 10.0. The minimum atomic E-state index is 0.529. The van der Waals surface area contributed by atoms with E-state index in [2.05, 4.69) is 43.3 Å². The molecule has 1 heteroatoms. The first-order chi connectivity index (χ1) is 7.27. The molecule has 0 spiro atoms. The summed E-state index contributed by atoms with van der Waals surface area (Å²) >= 11 is 5.52. The van der Waals surface area contributed by atoms with Crippen LogP contribution in [0.2, 0.25) is 0 Å². The highest BCUT2D eigenvalue weighted by molar-refractivity contribution is 7.81. The molecule has 1 atom stereocenters. The fourth-order valence-corrected chi connectivity index (χ4v) is 2.77. The van der Waals surface area contributed by atoms with Crippen LogP contribution in [-0.4, -0.2) is 4.86 Å². The van der Waals surface area contributed by atoms with Crippen LogP contribution in [0.25, 0.3) is 10.8 Å². The van der Waals surface area contributed by atoms with Gasteiger partial charge in [0.1, 0.15) is 0 Å². The van der Waals surface area contributed by atoms with E-state index < -0.39 is 0 Å². The number of fused-ring (bicyclic) bond motifs is 3. The quantitative estimate of drug-likeness (QED) is 0.599. The van der Waals surface area contributed by atoms with E-state index in [0.717, 1.165) is 11.3 Å². The van der Waals surface area contributed by atoms with Gasteiger partial charge in [0.05, 0.1) is 0 Å². The van der Waals surface area contributed by atoms with Crippen LogP contribution in [0.3, 0.4) is 0 Å². The maximum Gasteiger partial charge on any atom is 0.0265 e. The lowest BCUT2D eigenvalue weighted by molar-refractivity contribution is 0.809. The van der Waals surface area contributed by atoms with Crippen LogP contribution in [0.1, 0.15) is 18.1 Å². The first-order valence-corrected chi connectivity index (χ1v) is 5.73. The van der Waals surface area contributed by atoms with Gasteiger partial charge in [0, 0.05) is 4.86 Å². The van der Waals surface area contributed by atoms with Crippen LogP contribution in [0.15, 0.2) is 36.4 Å². The molecule has 15 heavy (non-hydrogen) atoms. The number of benzene rings is 2. The van der Waals surface area contributed by atoms with Gasteiger partial charge in [-0.15, -0.1) is 0 Å². The van der Waals surface area contributed by atoms with Gasteiger partial charge in [-0.1, -0.05) is 55.5 Å². The zero-order chi connectivity index (χ0) is 10.4. The minimum Gasteiger partial charge on any atom is -0.0839 e. The molecule has 1 unspecified atom stereocenters. The van der Waals surface area contributed by atoms with E-state index in [-0.39, 0.29) is 0 Å². The molecule has 0 radical (unpaired) electrons. The van der Waals surface area contributed by atoms with Gasteiger partial charge in [-0.2, -0.15) is 0 Å². The fourth-order valence-electron chi connectivity index (χ4n) is 2.45. The Morgan fingerprint density at radius 1 is 1.13 bits per heavy atom. The molecule has 74 valence electrons. The van der Waals surface area contributed by atoms with Gasteiger partial charge in [0.25, 0.3) is 0 Å². The summed E-state index contributed by atoms with van der Waals surface area (Å²) in [4.78, 5) is 1.14. The molecule has 1 aliphatic carbocycles. The third kappa shape index (κ3) is 1.23. The summed E-state index contributed by atoms with van der Waals surface area (Å²) in [6, 6.07) is 12.9. The second-order valence-electron chi connectivity index (χ2n) is 4.29. The lowest BCUT2D eigenvalue weighted by Gasteiger charge is -2.05. The molecule has 0 saturated carbocycles. The normalized spacial score (nSPS) is 19.5.